The van der Waals surface area contributed by atoms with Crippen LogP contribution in [0.25, 0.3) is 0 Å². The zero-order valence-electron chi connectivity index (χ0n) is 17.2. The lowest BCUT2D eigenvalue weighted by Crippen LogP contribution is -2.59. The van der Waals surface area contributed by atoms with Crippen LogP contribution in [0.2, 0.25) is 0 Å². The number of rotatable bonds is 4. The molecule has 5 nitrogen and oxygen atoms in total. The first kappa shape index (κ1) is 19.3. The van der Waals surface area contributed by atoms with Crippen LogP contribution in [0.15, 0.2) is 0 Å². The minimum Gasteiger partial charge on any atom is -0.481 e. The smallest absolute Gasteiger partial charge is 0.303 e. The highest BCUT2D eigenvalue weighted by Gasteiger charge is 2.76. The zero-order valence-corrected chi connectivity index (χ0v) is 17.2. The molecule has 0 bridgehead atoms. The number of aliphatic carboxylic acids is 1. The number of aliphatic hydroxyl groups excluding tert-OH is 2. The van der Waals surface area contributed by atoms with Crippen molar-refractivity contribution in [3.05, 3.63) is 0 Å². The Morgan fingerprint density at radius 3 is 2.68 bits per heavy atom. The molecular weight excluding hydrogens is 356 g/mol. The van der Waals surface area contributed by atoms with Crippen LogP contribution < -0.4 is 0 Å². The maximum Gasteiger partial charge on any atom is 0.303 e. The van der Waals surface area contributed by atoms with Crippen molar-refractivity contribution in [2.24, 2.45) is 40.9 Å². The summed E-state index contributed by atoms with van der Waals surface area (Å²) in [5, 5.41) is 30.5. The number of fused-ring (bicyclic) bond motifs is 4. The van der Waals surface area contributed by atoms with Crippen LogP contribution in [0.1, 0.15) is 71.6 Å². The van der Waals surface area contributed by atoms with Crippen LogP contribution in [0.4, 0.5) is 0 Å². The van der Waals surface area contributed by atoms with Crippen LogP contribution in [-0.2, 0) is 9.53 Å². The lowest BCUT2D eigenvalue weighted by atomic mass is 9.46. The van der Waals surface area contributed by atoms with Gasteiger partial charge in [0.15, 0.2) is 0 Å². The van der Waals surface area contributed by atoms with Crippen molar-refractivity contribution in [3.8, 4) is 0 Å². The van der Waals surface area contributed by atoms with Crippen LogP contribution in [0.5, 0.6) is 0 Å². The largest absolute Gasteiger partial charge is 0.481 e. The highest BCUT2D eigenvalue weighted by molar-refractivity contribution is 5.66. The van der Waals surface area contributed by atoms with Crippen LogP contribution >= 0.6 is 0 Å². The molecule has 1 spiro atoms. The Morgan fingerprint density at radius 2 is 1.93 bits per heavy atom. The molecule has 0 radical (unpaired) electrons. The van der Waals surface area contributed by atoms with Gasteiger partial charge in [0.2, 0.25) is 0 Å². The Labute approximate surface area is 167 Å². The number of carbonyl (C=O) groups is 1. The molecule has 1 heterocycles. The Kier molecular flexibility index (Phi) is 4.43. The van der Waals surface area contributed by atoms with Gasteiger partial charge in [-0.15, -0.1) is 0 Å². The van der Waals surface area contributed by atoms with Gasteiger partial charge < -0.3 is 20.1 Å². The van der Waals surface area contributed by atoms with Gasteiger partial charge in [0.1, 0.15) is 5.60 Å². The summed E-state index contributed by atoms with van der Waals surface area (Å²) in [6.45, 7) is 4.62. The van der Waals surface area contributed by atoms with E-state index in [0.29, 0.717) is 41.6 Å². The zero-order chi connectivity index (χ0) is 19.8. The first-order valence-electron chi connectivity index (χ1n) is 11.5. The monoisotopic (exact) mass is 392 g/mol. The first-order chi connectivity index (χ1) is 13.3. The quantitative estimate of drug-likeness (QED) is 0.639. The average molecular weight is 393 g/mol. The molecule has 11 atom stereocenters. The summed E-state index contributed by atoms with van der Waals surface area (Å²) in [4.78, 5) is 11.0. The number of ether oxygens (including phenoxy) is 1. The molecule has 1 aliphatic heterocycles. The Morgan fingerprint density at radius 1 is 1.14 bits per heavy atom. The van der Waals surface area contributed by atoms with Gasteiger partial charge in [0.05, 0.1) is 18.3 Å². The van der Waals surface area contributed by atoms with E-state index < -0.39 is 5.97 Å². The van der Waals surface area contributed by atoms with Crippen molar-refractivity contribution in [2.75, 3.05) is 0 Å². The molecule has 4 aliphatic carbocycles. The summed E-state index contributed by atoms with van der Waals surface area (Å²) in [7, 11) is 0. The summed E-state index contributed by atoms with van der Waals surface area (Å²) in [5.41, 5.74) is 0.131. The summed E-state index contributed by atoms with van der Waals surface area (Å²) in [6.07, 6.45) is 7.66. The third-order valence-electron chi connectivity index (χ3n) is 9.96. The molecule has 4 saturated carbocycles. The van der Waals surface area contributed by atoms with E-state index in [9.17, 15) is 15.0 Å². The van der Waals surface area contributed by atoms with Crippen molar-refractivity contribution < 1.29 is 24.9 Å². The molecule has 5 aliphatic rings. The van der Waals surface area contributed by atoms with Crippen molar-refractivity contribution >= 4 is 5.97 Å². The summed E-state index contributed by atoms with van der Waals surface area (Å²) >= 11 is 0. The van der Waals surface area contributed by atoms with Gasteiger partial charge in [-0.05, 0) is 92.3 Å². The van der Waals surface area contributed by atoms with Gasteiger partial charge >= 0.3 is 5.97 Å². The number of carboxylic acids is 1. The van der Waals surface area contributed by atoms with Crippen LogP contribution in [-0.4, -0.2) is 45.2 Å². The molecule has 0 aromatic heterocycles. The van der Waals surface area contributed by atoms with Crippen molar-refractivity contribution in [1.29, 1.82) is 0 Å². The standard InChI is InChI=1S/C23H36O5/c1-12(3-6-20(26)27)15-4-5-16-21-17(11-19-23(15,16)28-19)22(2)8-7-14(24)9-13(22)10-18(21)25/h12-19,21,24-25H,3-11H2,1-2H3,(H,26,27)/t12-,13+,14?,15-,16+,17+,18?,19?,21+,22+,23+/m1/s1. The van der Waals surface area contributed by atoms with Gasteiger partial charge in [-0.1, -0.05) is 13.8 Å². The summed E-state index contributed by atoms with van der Waals surface area (Å²) < 4.78 is 6.51. The lowest BCUT2D eigenvalue weighted by molar-refractivity contribution is -0.150. The second-order valence-corrected chi connectivity index (χ2v) is 11.0. The van der Waals surface area contributed by atoms with E-state index in [-0.39, 0.29) is 29.6 Å². The van der Waals surface area contributed by atoms with E-state index in [4.69, 9.17) is 9.84 Å². The molecule has 0 amide bonds. The second-order valence-electron chi connectivity index (χ2n) is 11.0. The third-order valence-corrected chi connectivity index (χ3v) is 9.96. The van der Waals surface area contributed by atoms with Gasteiger partial charge in [-0.25, -0.2) is 0 Å². The number of hydrogen-bond acceptors (Lipinski definition) is 4. The van der Waals surface area contributed by atoms with Crippen molar-refractivity contribution in [3.63, 3.8) is 0 Å². The Balaban J connectivity index is 1.39. The molecule has 3 unspecified atom stereocenters. The number of hydrogen-bond donors (Lipinski definition) is 3. The normalized spacial score (nSPS) is 55.4. The maximum absolute atomic E-state index is 11.2. The second kappa shape index (κ2) is 6.42. The molecule has 0 aromatic rings. The highest BCUT2D eigenvalue weighted by atomic mass is 16.6. The van der Waals surface area contributed by atoms with Gasteiger partial charge in [-0.2, -0.15) is 0 Å². The predicted molar refractivity (Wildman–Crippen MR) is 104 cm³/mol. The molecule has 5 fully saturated rings. The average Bonchev–Trinajstić information content (AvgIpc) is 3.24. The summed E-state index contributed by atoms with van der Waals surface area (Å²) in [5.74, 6) is 1.74. The highest BCUT2D eigenvalue weighted by Crippen LogP contribution is 2.72. The fourth-order valence-electron chi connectivity index (χ4n) is 8.57. The van der Waals surface area contributed by atoms with E-state index in [1.165, 1.54) is 0 Å². The molecule has 28 heavy (non-hydrogen) atoms. The molecule has 158 valence electrons. The summed E-state index contributed by atoms with van der Waals surface area (Å²) in [6, 6.07) is 0. The molecular formula is C23H36O5. The molecule has 5 rings (SSSR count). The van der Waals surface area contributed by atoms with E-state index in [2.05, 4.69) is 13.8 Å². The fraction of sp³-hybridized carbons (Fsp3) is 0.957. The molecule has 5 heteroatoms. The molecule has 0 aromatic carbocycles. The SMILES string of the molecule is C[C@H](CCC(=O)O)[C@H]1CC[C@H]2[C@@H]3C(O)C[C@@H]4CC(O)CC[C@]4(C)[C@H]3CC3O[C@@]312. The van der Waals surface area contributed by atoms with Gasteiger partial charge in [0.25, 0.3) is 0 Å². The number of carboxylic acid groups (broad SMARTS) is 1. The van der Waals surface area contributed by atoms with Crippen LogP contribution in [0.3, 0.4) is 0 Å². The Hall–Kier alpha value is -0.650. The van der Waals surface area contributed by atoms with E-state index in [0.717, 1.165) is 51.4 Å². The van der Waals surface area contributed by atoms with Crippen molar-refractivity contribution in [1.82, 2.24) is 0 Å². The van der Waals surface area contributed by atoms with Gasteiger partial charge in [0, 0.05) is 6.42 Å². The van der Waals surface area contributed by atoms with Gasteiger partial charge in [-0.3, -0.25) is 4.79 Å². The molecule has 3 N–H and O–H groups in total. The van der Waals surface area contributed by atoms with Crippen LogP contribution in [0, 0.1) is 40.9 Å². The van der Waals surface area contributed by atoms with Crippen molar-refractivity contribution in [2.45, 2.75) is 95.5 Å². The Bertz CT molecular complexity index is 651. The minimum absolute atomic E-state index is 0.0859. The van der Waals surface area contributed by atoms with E-state index in [1.54, 1.807) is 0 Å². The predicted octanol–water partition coefficient (Wildman–Crippen LogP) is 3.22. The minimum atomic E-state index is -0.711. The maximum atomic E-state index is 11.2. The fourth-order valence-corrected chi connectivity index (χ4v) is 8.57. The third kappa shape index (κ3) is 2.58. The van der Waals surface area contributed by atoms with E-state index >= 15 is 0 Å². The van der Waals surface area contributed by atoms with E-state index in [1.807, 2.05) is 0 Å². The number of epoxide rings is 1. The number of aliphatic hydroxyl groups is 2. The first-order valence-corrected chi connectivity index (χ1v) is 11.5. The molecule has 1 saturated heterocycles. The lowest BCUT2D eigenvalue weighted by Gasteiger charge is -2.59. The topological polar surface area (TPSA) is 90.3 Å².